The highest BCUT2D eigenvalue weighted by Gasteiger charge is 2.13. The van der Waals surface area contributed by atoms with Crippen LogP contribution in [0.5, 0.6) is 5.75 Å². The molecule has 1 N–H and O–H groups in total. The van der Waals surface area contributed by atoms with Gasteiger partial charge in [0.25, 0.3) is 0 Å². The first-order chi connectivity index (χ1) is 9.51. The molecule has 0 aliphatic carbocycles. The van der Waals surface area contributed by atoms with Gasteiger partial charge in [-0.3, -0.25) is 0 Å². The summed E-state index contributed by atoms with van der Waals surface area (Å²) in [5.74, 6) is 0.458. The summed E-state index contributed by atoms with van der Waals surface area (Å²) in [5, 5.41) is 10.2. The topological polar surface area (TPSA) is 29.5 Å². The van der Waals surface area contributed by atoms with Crippen LogP contribution in [0, 0.1) is 12.7 Å². The SMILES string of the molecule is COc1ccc(C(O)Cc2ccc(Br)cc2F)cc1C. The molecule has 0 spiro atoms. The van der Waals surface area contributed by atoms with E-state index in [1.807, 2.05) is 19.1 Å². The Morgan fingerprint density at radius 2 is 2.00 bits per heavy atom. The summed E-state index contributed by atoms with van der Waals surface area (Å²) in [4.78, 5) is 0. The fourth-order valence-corrected chi connectivity index (χ4v) is 2.46. The Hall–Kier alpha value is -1.39. The molecule has 0 aliphatic heterocycles. The second kappa shape index (κ2) is 6.37. The minimum Gasteiger partial charge on any atom is -0.496 e. The summed E-state index contributed by atoms with van der Waals surface area (Å²) < 4.78 is 19.6. The molecule has 0 saturated heterocycles. The highest BCUT2D eigenvalue weighted by atomic mass is 79.9. The third kappa shape index (κ3) is 3.38. The van der Waals surface area contributed by atoms with Crippen LogP contribution in [-0.4, -0.2) is 12.2 Å². The number of rotatable bonds is 4. The Kier molecular flexibility index (Phi) is 4.78. The average molecular weight is 339 g/mol. The van der Waals surface area contributed by atoms with Crippen molar-refractivity contribution in [2.45, 2.75) is 19.4 Å². The standard InChI is InChI=1S/C16H16BrFO2/c1-10-7-12(4-6-16(10)20-2)15(19)8-11-3-5-13(17)9-14(11)18/h3-7,9,15,19H,8H2,1-2H3. The zero-order valence-electron chi connectivity index (χ0n) is 11.4. The van der Waals surface area contributed by atoms with Gasteiger partial charge in [0, 0.05) is 10.9 Å². The van der Waals surface area contributed by atoms with E-state index in [4.69, 9.17) is 4.74 Å². The average Bonchev–Trinajstić information content (AvgIpc) is 2.41. The van der Waals surface area contributed by atoms with E-state index >= 15 is 0 Å². The lowest BCUT2D eigenvalue weighted by molar-refractivity contribution is 0.177. The minimum atomic E-state index is -0.740. The zero-order valence-corrected chi connectivity index (χ0v) is 12.9. The van der Waals surface area contributed by atoms with Gasteiger partial charge in [-0.05, 0) is 47.9 Å². The number of hydrogen-bond acceptors (Lipinski definition) is 2. The maximum atomic E-state index is 13.8. The molecule has 0 aromatic heterocycles. The van der Waals surface area contributed by atoms with Crippen molar-refractivity contribution < 1.29 is 14.2 Å². The van der Waals surface area contributed by atoms with Crippen molar-refractivity contribution in [3.63, 3.8) is 0 Å². The lowest BCUT2D eigenvalue weighted by atomic mass is 9.99. The third-order valence-corrected chi connectivity index (χ3v) is 3.73. The second-order valence-electron chi connectivity index (χ2n) is 4.68. The molecule has 2 aromatic carbocycles. The Morgan fingerprint density at radius 3 is 2.60 bits per heavy atom. The summed E-state index contributed by atoms with van der Waals surface area (Å²) in [7, 11) is 1.61. The minimum absolute atomic E-state index is 0.241. The molecule has 0 radical (unpaired) electrons. The lowest BCUT2D eigenvalue weighted by Crippen LogP contribution is -2.04. The van der Waals surface area contributed by atoms with Crippen LogP contribution in [0.4, 0.5) is 4.39 Å². The van der Waals surface area contributed by atoms with E-state index in [1.54, 1.807) is 25.3 Å². The molecule has 1 unspecified atom stereocenters. The molecule has 0 fully saturated rings. The number of aliphatic hydroxyl groups is 1. The van der Waals surface area contributed by atoms with Crippen molar-refractivity contribution in [2.75, 3.05) is 7.11 Å². The highest BCUT2D eigenvalue weighted by molar-refractivity contribution is 9.10. The molecule has 106 valence electrons. The molecule has 2 aromatic rings. The normalized spacial score (nSPS) is 12.2. The van der Waals surface area contributed by atoms with Crippen LogP contribution in [-0.2, 0) is 6.42 Å². The van der Waals surface area contributed by atoms with Gasteiger partial charge < -0.3 is 9.84 Å². The number of benzene rings is 2. The third-order valence-electron chi connectivity index (χ3n) is 3.23. The van der Waals surface area contributed by atoms with Gasteiger partial charge in [0.1, 0.15) is 11.6 Å². The molecule has 0 amide bonds. The van der Waals surface area contributed by atoms with Crippen LogP contribution in [0.2, 0.25) is 0 Å². The van der Waals surface area contributed by atoms with Gasteiger partial charge in [-0.15, -0.1) is 0 Å². The maximum absolute atomic E-state index is 13.8. The van der Waals surface area contributed by atoms with E-state index in [1.165, 1.54) is 6.07 Å². The number of aliphatic hydroxyl groups excluding tert-OH is 1. The predicted octanol–water partition coefficient (Wildman–Crippen LogP) is 4.18. The second-order valence-corrected chi connectivity index (χ2v) is 5.60. The van der Waals surface area contributed by atoms with E-state index in [-0.39, 0.29) is 12.2 Å². The summed E-state index contributed by atoms with van der Waals surface area (Å²) >= 11 is 3.22. The summed E-state index contributed by atoms with van der Waals surface area (Å²) in [6, 6.07) is 10.3. The van der Waals surface area contributed by atoms with E-state index in [2.05, 4.69) is 15.9 Å². The van der Waals surface area contributed by atoms with Crippen molar-refractivity contribution in [1.82, 2.24) is 0 Å². The van der Waals surface area contributed by atoms with E-state index in [0.29, 0.717) is 10.0 Å². The number of methoxy groups -OCH3 is 1. The summed E-state index contributed by atoms with van der Waals surface area (Å²) in [6.07, 6.45) is -0.500. The van der Waals surface area contributed by atoms with Gasteiger partial charge in [-0.2, -0.15) is 0 Å². The summed E-state index contributed by atoms with van der Waals surface area (Å²) in [6.45, 7) is 1.91. The molecule has 2 nitrogen and oxygen atoms in total. The van der Waals surface area contributed by atoms with Crippen molar-refractivity contribution in [2.24, 2.45) is 0 Å². The first kappa shape index (κ1) is 15.0. The Bertz CT molecular complexity index is 613. The van der Waals surface area contributed by atoms with Crippen LogP contribution in [0.3, 0.4) is 0 Å². The van der Waals surface area contributed by atoms with Crippen LogP contribution in [0.1, 0.15) is 22.8 Å². The monoisotopic (exact) mass is 338 g/mol. The maximum Gasteiger partial charge on any atom is 0.127 e. The van der Waals surface area contributed by atoms with Crippen LogP contribution >= 0.6 is 15.9 Å². The molecule has 0 bridgehead atoms. The number of aryl methyl sites for hydroxylation is 1. The fourth-order valence-electron chi connectivity index (χ4n) is 2.12. The summed E-state index contributed by atoms with van der Waals surface area (Å²) in [5.41, 5.74) is 2.19. The van der Waals surface area contributed by atoms with Crippen molar-refractivity contribution >= 4 is 15.9 Å². The number of ether oxygens (including phenoxy) is 1. The highest BCUT2D eigenvalue weighted by Crippen LogP contribution is 2.26. The van der Waals surface area contributed by atoms with Crippen LogP contribution in [0.25, 0.3) is 0 Å². The molecular formula is C16H16BrFO2. The van der Waals surface area contributed by atoms with Gasteiger partial charge in [0.15, 0.2) is 0 Å². The van der Waals surface area contributed by atoms with E-state index < -0.39 is 6.10 Å². The molecule has 0 heterocycles. The van der Waals surface area contributed by atoms with Crippen LogP contribution in [0.15, 0.2) is 40.9 Å². The molecule has 20 heavy (non-hydrogen) atoms. The molecule has 4 heteroatoms. The number of hydrogen-bond donors (Lipinski definition) is 1. The Balaban J connectivity index is 2.19. The van der Waals surface area contributed by atoms with Crippen molar-refractivity contribution in [3.8, 4) is 5.75 Å². The quantitative estimate of drug-likeness (QED) is 0.905. The Labute approximate surface area is 126 Å². The number of halogens is 2. The van der Waals surface area contributed by atoms with E-state index in [9.17, 15) is 9.50 Å². The molecular weight excluding hydrogens is 323 g/mol. The van der Waals surface area contributed by atoms with Crippen LogP contribution < -0.4 is 4.74 Å². The largest absolute Gasteiger partial charge is 0.496 e. The molecule has 0 saturated carbocycles. The Morgan fingerprint density at radius 1 is 1.25 bits per heavy atom. The lowest BCUT2D eigenvalue weighted by Gasteiger charge is -2.14. The van der Waals surface area contributed by atoms with Gasteiger partial charge in [0.2, 0.25) is 0 Å². The predicted molar refractivity (Wildman–Crippen MR) is 80.5 cm³/mol. The van der Waals surface area contributed by atoms with Gasteiger partial charge in [0.05, 0.1) is 13.2 Å². The molecule has 2 rings (SSSR count). The molecule has 1 atom stereocenters. The van der Waals surface area contributed by atoms with Gasteiger partial charge >= 0.3 is 0 Å². The van der Waals surface area contributed by atoms with Gasteiger partial charge in [-0.25, -0.2) is 4.39 Å². The first-order valence-electron chi connectivity index (χ1n) is 6.28. The van der Waals surface area contributed by atoms with E-state index in [0.717, 1.165) is 16.9 Å². The smallest absolute Gasteiger partial charge is 0.127 e. The fraction of sp³-hybridized carbons (Fsp3) is 0.250. The van der Waals surface area contributed by atoms with Gasteiger partial charge in [-0.1, -0.05) is 28.1 Å². The zero-order chi connectivity index (χ0) is 14.7. The van der Waals surface area contributed by atoms with Crippen molar-refractivity contribution in [1.29, 1.82) is 0 Å². The first-order valence-corrected chi connectivity index (χ1v) is 7.07. The molecule has 0 aliphatic rings. The van der Waals surface area contributed by atoms with Crippen molar-refractivity contribution in [3.05, 3.63) is 63.4 Å².